The molecule has 1 aromatic heterocycles. The summed E-state index contributed by atoms with van der Waals surface area (Å²) < 4.78 is 19.0. The average molecular weight is 571 g/mol. The van der Waals surface area contributed by atoms with Gasteiger partial charge in [-0.25, -0.2) is 9.48 Å². The number of aromatic nitrogens is 3. The largest absolute Gasteiger partial charge is 0.493 e. The van der Waals surface area contributed by atoms with Crippen molar-refractivity contribution in [2.24, 2.45) is 0 Å². The van der Waals surface area contributed by atoms with E-state index in [9.17, 15) is 4.79 Å². The molecule has 0 saturated heterocycles. The maximum atomic E-state index is 13.3. The number of methoxy groups -OCH3 is 1. The van der Waals surface area contributed by atoms with Crippen molar-refractivity contribution in [3.63, 3.8) is 0 Å². The lowest BCUT2D eigenvalue weighted by Gasteiger charge is -2.29. The molecule has 1 aliphatic rings. The van der Waals surface area contributed by atoms with Crippen LogP contribution in [0.15, 0.2) is 58.9 Å². The van der Waals surface area contributed by atoms with E-state index in [4.69, 9.17) is 35.9 Å². The van der Waals surface area contributed by atoms with Gasteiger partial charge in [0, 0.05) is 16.5 Å². The first-order valence-electron chi connectivity index (χ1n) is 13.1. The summed E-state index contributed by atoms with van der Waals surface area (Å²) in [7, 11) is 1.61. The van der Waals surface area contributed by atoms with Crippen LogP contribution in [0.4, 0.5) is 5.95 Å². The third kappa shape index (κ3) is 6.89. The number of ether oxygens (including phenoxy) is 3. The number of anilines is 1. The minimum Gasteiger partial charge on any atom is -0.493 e. The lowest BCUT2D eigenvalue weighted by atomic mass is 9.95. The Labute approximate surface area is 239 Å². The number of rotatable bonds is 12. The SMILES string of the molecule is CCCCCOc1ccc(C2C(C(=O)OC(C)C)=C(C)Nc3nc(SCc4ccccc4Cl)nn32)cc1OC. The maximum absolute atomic E-state index is 13.3. The van der Waals surface area contributed by atoms with Gasteiger partial charge in [0.15, 0.2) is 11.5 Å². The summed E-state index contributed by atoms with van der Waals surface area (Å²) in [5.74, 6) is 1.99. The van der Waals surface area contributed by atoms with Crippen molar-refractivity contribution >= 4 is 35.3 Å². The summed E-state index contributed by atoms with van der Waals surface area (Å²) in [4.78, 5) is 18.0. The zero-order chi connectivity index (χ0) is 27.9. The molecule has 8 nitrogen and oxygen atoms in total. The Morgan fingerprint density at radius 1 is 1.18 bits per heavy atom. The molecule has 39 heavy (non-hydrogen) atoms. The number of fused-ring (bicyclic) bond motifs is 1. The fourth-order valence-corrected chi connectivity index (χ4v) is 5.42. The number of hydrogen-bond donors (Lipinski definition) is 1. The molecule has 0 amide bonds. The molecule has 2 heterocycles. The number of allylic oxidation sites excluding steroid dienone is 1. The number of nitrogens with one attached hydrogen (secondary N) is 1. The van der Waals surface area contributed by atoms with Crippen LogP contribution in [-0.2, 0) is 15.3 Å². The van der Waals surface area contributed by atoms with Crippen molar-refractivity contribution in [3.05, 3.63) is 69.9 Å². The van der Waals surface area contributed by atoms with Crippen molar-refractivity contribution < 1.29 is 19.0 Å². The van der Waals surface area contributed by atoms with Gasteiger partial charge in [-0.15, -0.1) is 5.10 Å². The van der Waals surface area contributed by atoms with Gasteiger partial charge in [-0.1, -0.05) is 67.4 Å². The van der Waals surface area contributed by atoms with Gasteiger partial charge < -0.3 is 19.5 Å². The second kappa shape index (κ2) is 13.3. The minimum atomic E-state index is -0.572. The third-order valence-electron chi connectivity index (χ3n) is 6.22. The van der Waals surface area contributed by atoms with E-state index < -0.39 is 12.0 Å². The van der Waals surface area contributed by atoms with Crippen LogP contribution in [0.25, 0.3) is 0 Å². The molecule has 0 radical (unpaired) electrons. The van der Waals surface area contributed by atoms with Crippen LogP contribution in [0.3, 0.4) is 0 Å². The second-order valence-electron chi connectivity index (χ2n) is 9.53. The summed E-state index contributed by atoms with van der Waals surface area (Å²) >= 11 is 7.82. The summed E-state index contributed by atoms with van der Waals surface area (Å²) in [6.45, 7) is 8.28. The zero-order valence-corrected chi connectivity index (χ0v) is 24.6. The first-order valence-corrected chi connectivity index (χ1v) is 14.5. The van der Waals surface area contributed by atoms with Crippen molar-refractivity contribution in [1.82, 2.24) is 14.8 Å². The van der Waals surface area contributed by atoms with E-state index in [2.05, 4.69) is 12.2 Å². The van der Waals surface area contributed by atoms with E-state index in [1.165, 1.54) is 11.8 Å². The number of nitrogens with zero attached hydrogens (tertiary/aromatic N) is 3. The van der Waals surface area contributed by atoms with Gasteiger partial charge in [0.2, 0.25) is 11.1 Å². The number of thioether (sulfide) groups is 1. The second-order valence-corrected chi connectivity index (χ2v) is 10.9. The van der Waals surface area contributed by atoms with Crippen molar-refractivity contribution in [2.75, 3.05) is 19.0 Å². The van der Waals surface area contributed by atoms with Gasteiger partial charge in [-0.3, -0.25) is 0 Å². The molecule has 0 aliphatic carbocycles. The van der Waals surface area contributed by atoms with Crippen molar-refractivity contribution in [1.29, 1.82) is 0 Å². The highest BCUT2D eigenvalue weighted by Gasteiger charge is 2.36. The Morgan fingerprint density at radius 2 is 1.97 bits per heavy atom. The lowest BCUT2D eigenvalue weighted by molar-refractivity contribution is -0.143. The van der Waals surface area contributed by atoms with Crippen LogP contribution in [0, 0.1) is 0 Å². The normalized spacial score (nSPS) is 14.7. The highest BCUT2D eigenvalue weighted by Crippen LogP contribution is 2.40. The van der Waals surface area contributed by atoms with Crippen molar-refractivity contribution in [3.8, 4) is 11.5 Å². The smallest absolute Gasteiger partial charge is 0.338 e. The molecule has 1 aliphatic heterocycles. The molecule has 0 fully saturated rings. The molecule has 4 rings (SSSR count). The number of hydrogen-bond acceptors (Lipinski definition) is 8. The summed E-state index contributed by atoms with van der Waals surface area (Å²) in [6.07, 6.45) is 2.92. The van der Waals surface area contributed by atoms with E-state index in [0.717, 1.165) is 30.4 Å². The first-order chi connectivity index (χ1) is 18.8. The van der Waals surface area contributed by atoms with Gasteiger partial charge in [0.1, 0.15) is 6.04 Å². The summed E-state index contributed by atoms with van der Waals surface area (Å²) in [5, 5.41) is 9.31. The molecule has 1 atom stereocenters. The Kier molecular flexibility index (Phi) is 9.80. The number of unbranched alkanes of at least 4 members (excludes halogenated alkanes) is 2. The molecule has 10 heteroatoms. The topological polar surface area (TPSA) is 87.5 Å². The molecule has 1 unspecified atom stereocenters. The van der Waals surface area contributed by atoms with Gasteiger partial charge >= 0.3 is 5.97 Å². The van der Waals surface area contributed by atoms with Gasteiger partial charge in [0.25, 0.3) is 0 Å². The minimum absolute atomic E-state index is 0.272. The molecule has 1 N–H and O–H groups in total. The monoisotopic (exact) mass is 570 g/mol. The Balaban J connectivity index is 1.69. The highest BCUT2D eigenvalue weighted by atomic mass is 35.5. The molecule has 2 aromatic carbocycles. The fourth-order valence-electron chi connectivity index (χ4n) is 4.31. The third-order valence-corrected chi connectivity index (χ3v) is 7.47. The molecule has 208 valence electrons. The molecule has 0 saturated carbocycles. The number of esters is 1. The van der Waals surface area contributed by atoms with E-state index in [0.29, 0.717) is 51.3 Å². The zero-order valence-electron chi connectivity index (χ0n) is 23.0. The van der Waals surface area contributed by atoms with Crippen LogP contribution in [0.5, 0.6) is 11.5 Å². The van der Waals surface area contributed by atoms with E-state index in [1.807, 2.05) is 63.2 Å². The fraction of sp³-hybridized carbons (Fsp3) is 0.414. The predicted molar refractivity (Wildman–Crippen MR) is 155 cm³/mol. The molecule has 0 bridgehead atoms. The Hall–Kier alpha value is -3.17. The van der Waals surface area contributed by atoms with Gasteiger partial charge in [0.05, 0.1) is 25.4 Å². The van der Waals surface area contributed by atoms with Crippen LogP contribution in [-0.4, -0.2) is 40.6 Å². The Morgan fingerprint density at radius 3 is 2.69 bits per heavy atom. The van der Waals surface area contributed by atoms with E-state index in [1.54, 1.807) is 11.8 Å². The molecule has 0 spiro atoms. The number of carbonyl (C=O) groups excluding carboxylic acids is 1. The first kappa shape index (κ1) is 28.8. The van der Waals surface area contributed by atoms with Crippen LogP contribution < -0.4 is 14.8 Å². The summed E-state index contributed by atoms with van der Waals surface area (Å²) in [5.41, 5.74) is 2.92. The van der Waals surface area contributed by atoms with Crippen LogP contribution in [0.1, 0.15) is 64.1 Å². The Bertz CT molecular complexity index is 1340. The maximum Gasteiger partial charge on any atom is 0.338 e. The molecular weight excluding hydrogens is 536 g/mol. The molecular formula is C29H35ClN4O4S. The van der Waals surface area contributed by atoms with Gasteiger partial charge in [-0.05, 0) is 56.5 Å². The number of benzene rings is 2. The average Bonchev–Trinajstić information content (AvgIpc) is 3.31. The van der Waals surface area contributed by atoms with E-state index in [-0.39, 0.29) is 6.10 Å². The van der Waals surface area contributed by atoms with Crippen LogP contribution in [0.2, 0.25) is 5.02 Å². The van der Waals surface area contributed by atoms with Gasteiger partial charge in [-0.2, -0.15) is 4.98 Å². The van der Waals surface area contributed by atoms with Crippen LogP contribution >= 0.6 is 23.4 Å². The summed E-state index contributed by atoms with van der Waals surface area (Å²) in [6, 6.07) is 12.8. The predicted octanol–water partition coefficient (Wildman–Crippen LogP) is 7.04. The van der Waals surface area contributed by atoms with Crippen molar-refractivity contribution in [2.45, 2.75) is 70.0 Å². The number of carbonyl (C=O) groups is 1. The number of halogens is 1. The molecule has 3 aromatic rings. The lowest BCUT2D eigenvalue weighted by Crippen LogP contribution is -2.30. The quantitative estimate of drug-likeness (QED) is 0.141. The van der Waals surface area contributed by atoms with E-state index >= 15 is 0 Å². The standard InChI is InChI=1S/C29H35ClN4O4S/c1-6-7-10-15-37-23-14-13-20(16-24(23)36-5)26-25(27(35)38-18(2)3)19(4)31-28-32-29(33-34(26)28)39-17-21-11-8-9-12-22(21)30/h8-9,11-14,16,18,26H,6-7,10,15,17H2,1-5H3,(H,31,32,33). The highest BCUT2D eigenvalue weighted by molar-refractivity contribution is 7.98.